The second-order valence-corrected chi connectivity index (χ2v) is 10.2. The van der Waals surface area contributed by atoms with Crippen molar-refractivity contribution in [2.45, 2.75) is 32.2 Å². The lowest BCUT2D eigenvalue weighted by atomic mass is 10.0. The fraction of sp³-hybridized carbons (Fsp3) is 0.346. The first kappa shape index (κ1) is 22.6. The van der Waals surface area contributed by atoms with Crippen molar-refractivity contribution < 1.29 is 4.79 Å². The van der Waals surface area contributed by atoms with Gasteiger partial charge in [0.2, 0.25) is 0 Å². The zero-order valence-electron chi connectivity index (χ0n) is 19.7. The van der Waals surface area contributed by atoms with E-state index >= 15 is 0 Å². The van der Waals surface area contributed by atoms with Crippen LogP contribution in [0.25, 0.3) is 21.3 Å². The molecule has 1 aromatic carbocycles. The van der Waals surface area contributed by atoms with Crippen molar-refractivity contribution in [1.29, 1.82) is 0 Å². The highest BCUT2D eigenvalue weighted by atomic mass is 32.1. The van der Waals surface area contributed by atoms with E-state index in [1.807, 2.05) is 37.4 Å². The van der Waals surface area contributed by atoms with Crippen molar-refractivity contribution in [2.75, 3.05) is 32.1 Å². The standard InChI is InChI=1S/C26H28N6OS/c1-17-29-30-26(34-17)19-4-5-20-16-28-22(13-21(20)12-19)15-24(33)18-6-9-27-25(14-18)32-10-7-23(8-11-32)31(2)3/h4-6,9,12-14,16,23H,7-8,10-11,15H2,1-3H3. The van der Waals surface area contributed by atoms with E-state index in [1.165, 1.54) is 0 Å². The molecular formula is C26H28N6OS. The molecular weight excluding hydrogens is 444 g/mol. The summed E-state index contributed by atoms with van der Waals surface area (Å²) < 4.78 is 0. The van der Waals surface area contributed by atoms with Crippen molar-refractivity contribution in [3.8, 4) is 10.6 Å². The minimum atomic E-state index is 0.0505. The zero-order chi connectivity index (χ0) is 23.7. The van der Waals surface area contributed by atoms with E-state index in [0.29, 0.717) is 11.6 Å². The van der Waals surface area contributed by atoms with Crippen molar-refractivity contribution in [3.05, 3.63) is 65.1 Å². The first-order valence-corrected chi connectivity index (χ1v) is 12.4. The van der Waals surface area contributed by atoms with Crippen molar-refractivity contribution in [3.63, 3.8) is 0 Å². The van der Waals surface area contributed by atoms with E-state index < -0.39 is 0 Å². The van der Waals surface area contributed by atoms with Gasteiger partial charge in [-0.2, -0.15) is 0 Å². The topological polar surface area (TPSA) is 75.1 Å². The lowest BCUT2D eigenvalue weighted by molar-refractivity contribution is 0.0992. The minimum absolute atomic E-state index is 0.0505. The number of benzene rings is 1. The molecule has 1 aliphatic rings. The van der Waals surface area contributed by atoms with Gasteiger partial charge < -0.3 is 9.80 Å². The summed E-state index contributed by atoms with van der Waals surface area (Å²) in [4.78, 5) is 26.8. The summed E-state index contributed by atoms with van der Waals surface area (Å²) in [6.07, 6.45) is 6.04. The molecule has 0 aliphatic carbocycles. The average Bonchev–Trinajstić information content (AvgIpc) is 3.30. The van der Waals surface area contributed by atoms with Gasteiger partial charge in [0.05, 0.1) is 6.42 Å². The third kappa shape index (κ3) is 4.83. The van der Waals surface area contributed by atoms with Crippen molar-refractivity contribution in [2.24, 2.45) is 0 Å². The van der Waals surface area contributed by atoms with Crippen LogP contribution in [0.3, 0.4) is 0 Å². The molecule has 8 heteroatoms. The molecule has 0 N–H and O–H groups in total. The van der Waals surface area contributed by atoms with Gasteiger partial charge in [0, 0.05) is 53.7 Å². The van der Waals surface area contributed by atoms with Gasteiger partial charge in [-0.15, -0.1) is 10.2 Å². The Labute approximate surface area is 203 Å². The molecule has 0 saturated carbocycles. The smallest absolute Gasteiger partial charge is 0.169 e. The molecule has 1 fully saturated rings. The number of carbonyl (C=O) groups excluding carboxylic acids is 1. The fourth-order valence-corrected chi connectivity index (χ4v) is 5.16. The number of Topliss-reactive ketones (excluding diaryl/α,β-unsaturated/α-hetero) is 1. The predicted octanol–water partition coefficient (Wildman–Crippen LogP) is 4.41. The van der Waals surface area contributed by atoms with Gasteiger partial charge in [0.1, 0.15) is 15.8 Å². The lowest BCUT2D eigenvalue weighted by Crippen LogP contribution is -2.42. The quantitative estimate of drug-likeness (QED) is 0.385. The number of hydrogen-bond acceptors (Lipinski definition) is 8. The number of anilines is 1. The number of rotatable bonds is 6. The van der Waals surface area contributed by atoms with E-state index in [-0.39, 0.29) is 12.2 Å². The third-order valence-electron chi connectivity index (χ3n) is 6.48. The van der Waals surface area contributed by atoms with Crippen LogP contribution in [0.1, 0.15) is 33.9 Å². The molecule has 7 nitrogen and oxygen atoms in total. The molecule has 1 saturated heterocycles. The SMILES string of the molecule is Cc1nnc(-c2ccc3cnc(CC(=O)c4ccnc(N5CCC(N(C)C)CC5)c4)cc3c2)s1. The Morgan fingerprint density at radius 1 is 1.06 bits per heavy atom. The number of fused-ring (bicyclic) bond motifs is 1. The summed E-state index contributed by atoms with van der Waals surface area (Å²) in [5.41, 5.74) is 2.46. The van der Waals surface area contributed by atoms with E-state index in [4.69, 9.17) is 0 Å². The molecule has 0 spiro atoms. The van der Waals surface area contributed by atoms with E-state index in [2.05, 4.69) is 50.1 Å². The highest BCUT2D eigenvalue weighted by Crippen LogP contribution is 2.27. The Balaban J connectivity index is 1.32. The number of aryl methyl sites for hydroxylation is 1. The van der Waals surface area contributed by atoms with E-state index in [0.717, 1.165) is 63.8 Å². The highest BCUT2D eigenvalue weighted by molar-refractivity contribution is 7.14. The second-order valence-electron chi connectivity index (χ2n) is 9.05. The summed E-state index contributed by atoms with van der Waals surface area (Å²) in [6, 6.07) is 12.5. The van der Waals surface area contributed by atoms with Crippen LogP contribution in [0.4, 0.5) is 5.82 Å². The monoisotopic (exact) mass is 472 g/mol. The number of hydrogen-bond donors (Lipinski definition) is 0. The minimum Gasteiger partial charge on any atom is -0.356 e. The van der Waals surface area contributed by atoms with Crippen LogP contribution in [0.15, 0.2) is 48.8 Å². The summed E-state index contributed by atoms with van der Waals surface area (Å²) in [5.74, 6) is 0.932. The molecule has 174 valence electrons. The van der Waals surface area contributed by atoms with Crippen LogP contribution < -0.4 is 4.90 Å². The number of carbonyl (C=O) groups is 1. The molecule has 0 unspecified atom stereocenters. The van der Waals surface area contributed by atoms with Crippen molar-refractivity contribution in [1.82, 2.24) is 25.1 Å². The molecule has 0 atom stereocenters. The third-order valence-corrected chi connectivity index (χ3v) is 7.37. The van der Waals surface area contributed by atoms with Gasteiger partial charge >= 0.3 is 0 Å². The van der Waals surface area contributed by atoms with E-state index in [1.54, 1.807) is 23.6 Å². The van der Waals surface area contributed by atoms with Crippen LogP contribution in [0, 0.1) is 6.92 Å². The van der Waals surface area contributed by atoms with Crippen LogP contribution >= 0.6 is 11.3 Å². The van der Waals surface area contributed by atoms with Gasteiger partial charge in [-0.25, -0.2) is 4.98 Å². The second kappa shape index (κ2) is 9.56. The molecule has 4 heterocycles. The van der Waals surface area contributed by atoms with Crippen LogP contribution in [-0.4, -0.2) is 64.1 Å². The Bertz CT molecular complexity index is 1330. The first-order chi connectivity index (χ1) is 16.5. The summed E-state index contributed by atoms with van der Waals surface area (Å²) >= 11 is 1.57. The molecule has 1 aliphatic heterocycles. The normalized spacial score (nSPS) is 14.8. The van der Waals surface area contributed by atoms with Gasteiger partial charge in [-0.1, -0.05) is 23.5 Å². The van der Waals surface area contributed by atoms with Crippen LogP contribution in [0.5, 0.6) is 0 Å². The number of pyridine rings is 2. The maximum Gasteiger partial charge on any atom is 0.169 e. The molecule has 0 amide bonds. The fourth-order valence-electron chi connectivity index (χ4n) is 4.47. The molecule has 4 aromatic rings. The average molecular weight is 473 g/mol. The molecule has 0 radical (unpaired) electrons. The Hall–Kier alpha value is -3.23. The Kier molecular flexibility index (Phi) is 6.34. The maximum atomic E-state index is 13.1. The number of aromatic nitrogens is 4. The summed E-state index contributed by atoms with van der Waals surface area (Å²) in [5, 5.41) is 12.3. The Morgan fingerprint density at radius 2 is 1.88 bits per heavy atom. The molecule has 5 rings (SSSR count). The Morgan fingerprint density at radius 3 is 2.62 bits per heavy atom. The molecule has 0 bridgehead atoms. The summed E-state index contributed by atoms with van der Waals surface area (Å²) in [7, 11) is 4.27. The van der Waals surface area contributed by atoms with Crippen molar-refractivity contribution >= 4 is 33.7 Å². The van der Waals surface area contributed by atoms with Crippen LogP contribution in [-0.2, 0) is 6.42 Å². The number of piperidine rings is 1. The zero-order valence-corrected chi connectivity index (χ0v) is 20.5. The lowest BCUT2D eigenvalue weighted by Gasteiger charge is -2.35. The molecule has 3 aromatic heterocycles. The maximum absolute atomic E-state index is 13.1. The summed E-state index contributed by atoms with van der Waals surface area (Å²) in [6.45, 7) is 3.86. The predicted molar refractivity (Wildman–Crippen MR) is 137 cm³/mol. The van der Waals surface area contributed by atoms with Gasteiger partial charge in [-0.3, -0.25) is 9.78 Å². The number of nitrogens with zero attached hydrogens (tertiary/aromatic N) is 6. The van der Waals surface area contributed by atoms with Crippen LogP contribution in [0.2, 0.25) is 0 Å². The number of ketones is 1. The first-order valence-electron chi connectivity index (χ1n) is 11.6. The van der Waals surface area contributed by atoms with Gasteiger partial charge in [0.15, 0.2) is 5.78 Å². The highest BCUT2D eigenvalue weighted by Gasteiger charge is 2.22. The molecule has 34 heavy (non-hydrogen) atoms. The van der Waals surface area contributed by atoms with Gasteiger partial charge in [0.25, 0.3) is 0 Å². The largest absolute Gasteiger partial charge is 0.356 e. The van der Waals surface area contributed by atoms with Gasteiger partial charge in [-0.05, 0) is 63.5 Å². The van der Waals surface area contributed by atoms with E-state index in [9.17, 15) is 4.79 Å².